The summed E-state index contributed by atoms with van der Waals surface area (Å²) < 4.78 is 8.05. The molecular formula is C11H12NOP. The number of aromatic nitrogens is 1. The Balaban J connectivity index is 2.34. The average Bonchev–Trinajstić information content (AvgIpc) is 2.57. The molecule has 0 aliphatic carbocycles. The number of nitrogens with zero attached hydrogens (tertiary/aromatic N) is 1. The zero-order valence-corrected chi connectivity index (χ0v) is 9.00. The van der Waals surface area contributed by atoms with Gasteiger partial charge in [-0.05, 0) is 18.8 Å². The first kappa shape index (κ1) is 8.46. The Labute approximate surface area is 84.4 Å². The molecule has 1 aliphatic rings. The minimum atomic E-state index is -0.454. The fraction of sp³-hybridized carbons (Fsp3) is 0.273. The summed E-state index contributed by atoms with van der Waals surface area (Å²) in [7, 11) is -0.454. The minimum Gasteiger partial charge on any atom is -0.338 e. The second kappa shape index (κ2) is 3.08. The van der Waals surface area contributed by atoms with Crippen LogP contribution in [0.2, 0.25) is 0 Å². The first-order valence-electron chi connectivity index (χ1n) is 4.82. The van der Waals surface area contributed by atoms with E-state index in [1.54, 1.807) is 0 Å². The molecule has 0 N–H and O–H groups in total. The molecule has 1 aromatic carbocycles. The van der Waals surface area contributed by atoms with Gasteiger partial charge >= 0.3 is 0 Å². The van der Waals surface area contributed by atoms with Crippen LogP contribution in [0.1, 0.15) is 5.69 Å². The van der Waals surface area contributed by atoms with Gasteiger partial charge in [0.2, 0.25) is 0 Å². The smallest absolute Gasteiger partial charge is 0.133 e. The number of fused-ring (bicyclic) bond motifs is 3. The first-order valence-corrected chi connectivity index (χ1v) is 6.48. The molecule has 3 rings (SSSR count). The van der Waals surface area contributed by atoms with Crippen molar-refractivity contribution in [1.82, 2.24) is 4.34 Å². The van der Waals surface area contributed by atoms with Gasteiger partial charge in [0.05, 0.1) is 12.1 Å². The van der Waals surface area contributed by atoms with E-state index in [1.165, 1.54) is 16.6 Å². The fourth-order valence-electron chi connectivity index (χ4n) is 2.05. The summed E-state index contributed by atoms with van der Waals surface area (Å²) in [6.07, 6.45) is 1.04. The summed E-state index contributed by atoms with van der Waals surface area (Å²) in [5.74, 6) is 0. The van der Waals surface area contributed by atoms with Crippen LogP contribution in [-0.2, 0) is 10.9 Å². The van der Waals surface area contributed by atoms with Gasteiger partial charge in [0.15, 0.2) is 0 Å². The number of benzene rings is 1. The van der Waals surface area contributed by atoms with Crippen LogP contribution in [0.5, 0.6) is 0 Å². The Bertz CT molecular complexity index is 477. The lowest BCUT2D eigenvalue weighted by molar-refractivity contribution is 0.339. The van der Waals surface area contributed by atoms with Crippen molar-refractivity contribution in [1.29, 1.82) is 0 Å². The lowest BCUT2D eigenvalue weighted by atomic mass is 10.2. The topological polar surface area (TPSA) is 14.2 Å². The molecule has 0 saturated carbocycles. The van der Waals surface area contributed by atoms with Gasteiger partial charge in [-0.2, -0.15) is 0 Å². The first-order chi connectivity index (χ1) is 6.86. The van der Waals surface area contributed by atoms with Crippen LogP contribution in [0, 0.1) is 0 Å². The number of hydrogen-bond acceptors (Lipinski definition) is 1. The molecule has 0 radical (unpaired) electrons. The highest BCUT2D eigenvalue weighted by atomic mass is 31.2. The quantitative estimate of drug-likeness (QED) is 0.603. The normalized spacial score (nSPS) is 21.1. The Hall–Kier alpha value is -0.850. The van der Waals surface area contributed by atoms with E-state index in [0.717, 1.165) is 13.0 Å². The SMILES string of the molecule is CP1OCCc2cc3ccccc3n21. The summed E-state index contributed by atoms with van der Waals surface area (Å²) in [5, 5.41) is 1.34. The van der Waals surface area contributed by atoms with E-state index < -0.39 is 8.30 Å². The van der Waals surface area contributed by atoms with Crippen molar-refractivity contribution in [2.45, 2.75) is 6.42 Å². The highest BCUT2D eigenvalue weighted by molar-refractivity contribution is 7.50. The maximum absolute atomic E-state index is 5.70. The van der Waals surface area contributed by atoms with Gasteiger partial charge in [-0.15, -0.1) is 0 Å². The van der Waals surface area contributed by atoms with Gasteiger partial charge < -0.3 is 8.86 Å². The van der Waals surface area contributed by atoms with Crippen LogP contribution < -0.4 is 0 Å². The fourth-order valence-corrected chi connectivity index (χ4v) is 3.52. The van der Waals surface area contributed by atoms with Crippen molar-refractivity contribution in [3.63, 3.8) is 0 Å². The van der Waals surface area contributed by atoms with E-state index in [1.807, 2.05) is 0 Å². The van der Waals surface area contributed by atoms with Crippen molar-refractivity contribution < 1.29 is 4.52 Å². The van der Waals surface area contributed by atoms with Gasteiger partial charge in [0.1, 0.15) is 8.30 Å². The maximum atomic E-state index is 5.70. The summed E-state index contributed by atoms with van der Waals surface area (Å²) in [6.45, 7) is 3.04. The van der Waals surface area contributed by atoms with Crippen molar-refractivity contribution in [3.8, 4) is 0 Å². The molecular weight excluding hydrogens is 193 g/mol. The van der Waals surface area contributed by atoms with Gasteiger partial charge in [0.25, 0.3) is 0 Å². The molecule has 2 heterocycles. The Morgan fingerprint density at radius 3 is 3.14 bits per heavy atom. The molecule has 1 aromatic heterocycles. The molecule has 14 heavy (non-hydrogen) atoms. The summed E-state index contributed by atoms with van der Waals surface area (Å²) in [4.78, 5) is 0. The van der Waals surface area contributed by atoms with Crippen LogP contribution in [0.25, 0.3) is 10.9 Å². The second-order valence-corrected chi connectivity index (χ2v) is 5.14. The average molecular weight is 205 g/mol. The van der Waals surface area contributed by atoms with Gasteiger partial charge in [-0.25, -0.2) is 0 Å². The third-order valence-corrected chi connectivity index (χ3v) is 4.27. The van der Waals surface area contributed by atoms with E-state index in [-0.39, 0.29) is 0 Å². The zero-order valence-electron chi connectivity index (χ0n) is 8.10. The molecule has 72 valence electrons. The number of hydrogen-bond donors (Lipinski definition) is 0. The molecule has 0 bridgehead atoms. The Kier molecular flexibility index (Phi) is 1.86. The molecule has 2 aromatic rings. The lowest BCUT2D eigenvalue weighted by Gasteiger charge is -2.23. The van der Waals surface area contributed by atoms with Crippen LogP contribution >= 0.6 is 8.30 Å². The van der Waals surface area contributed by atoms with Crippen LogP contribution in [0.4, 0.5) is 0 Å². The van der Waals surface area contributed by atoms with Crippen LogP contribution in [-0.4, -0.2) is 17.6 Å². The molecule has 1 unspecified atom stereocenters. The Morgan fingerprint density at radius 2 is 2.21 bits per heavy atom. The van der Waals surface area contributed by atoms with E-state index in [4.69, 9.17) is 4.52 Å². The van der Waals surface area contributed by atoms with E-state index in [0.29, 0.717) is 0 Å². The predicted molar refractivity (Wildman–Crippen MR) is 59.8 cm³/mol. The Morgan fingerprint density at radius 1 is 1.36 bits per heavy atom. The highest BCUT2D eigenvalue weighted by Gasteiger charge is 2.18. The standard InChI is InChI=1S/C11H12NOP/c1-14-12-10(6-7-13-14)8-9-4-2-3-5-11(9)12/h2-5,8H,6-7H2,1H3. The molecule has 0 fully saturated rings. The number of rotatable bonds is 0. The lowest BCUT2D eigenvalue weighted by Crippen LogP contribution is -2.09. The molecule has 0 saturated heterocycles. The minimum absolute atomic E-state index is 0.454. The highest BCUT2D eigenvalue weighted by Crippen LogP contribution is 2.43. The van der Waals surface area contributed by atoms with Crippen molar-refractivity contribution in [2.24, 2.45) is 0 Å². The van der Waals surface area contributed by atoms with Gasteiger partial charge in [0, 0.05) is 17.5 Å². The third-order valence-electron chi connectivity index (χ3n) is 2.68. The largest absolute Gasteiger partial charge is 0.338 e. The zero-order chi connectivity index (χ0) is 9.54. The molecule has 2 nitrogen and oxygen atoms in total. The summed E-state index contributed by atoms with van der Waals surface area (Å²) in [6, 6.07) is 10.8. The van der Waals surface area contributed by atoms with Gasteiger partial charge in [-0.1, -0.05) is 18.2 Å². The van der Waals surface area contributed by atoms with E-state index in [2.05, 4.69) is 41.3 Å². The van der Waals surface area contributed by atoms with Crippen molar-refractivity contribution in [2.75, 3.05) is 13.3 Å². The molecule has 0 spiro atoms. The second-order valence-electron chi connectivity index (χ2n) is 3.55. The van der Waals surface area contributed by atoms with Crippen molar-refractivity contribution in [3.05, 3.63) is 36.0 Å². The molecule has 3 heteroatoms. The molecule has 0 amide bonds. The number of para-hydroxylation sites is 1. The van der Waals surface area contributed by atoms with Crippen molar-refractivity contribution >= 4 is 19.2 Å². The van der Waals surface area contributed by atoms with Crippen LogP contribution in [0.3, 0.4) is 0 Å². The van der Waals surface area contributed by atoms with Gasteiger partial charge in [-0.3, -0.25) is 0 Å². The monoisotopic (exact) mass is 205 g/mol. The predicted octanol–water partition coefficient (Wildman–Crippen LogP) is 3.00. The molecule has 1 atom stereocenters. The maximum Gasteiger partial charge on any atom is 0.133 e. The summed E-state index contributed by atoms with van der Waals surface area (Å²) >= 11 is 0. The van der Waals surface area contributed by atoms with Crippen LogP contribution in [0.15, 0.2) is 30.3 Å². The summed E-state index contributed by atoms with van der Waals surface area (Å²) in [5.41, 5.74) is 2.74. The molecule has 1 aliphatic heterocycles. The third kappa shape index (κ3) is 1.11. The van der Waals surface area contributed by atoms with E-state index >= 15 is 0 Å². The van der Waals surface area contributed by atoms with E-state index in [9.17, 15) is 0 Å².